The minimum Gasteiger partial charge on any atom is -0.468 e. The Labute approximate surface area is 104 Å². The molecule has 15 heavy (non-hydrogen) atoms. The third kappa shape index (κ3) is 3.19. The Morgan fingerprint density at radius 3 is 2.73 bits per heavy atom. The standard InChI is InChI=1S/C12H15IO2/c1-15-11(14)12(9-5-6-10-13)7-3-2-4-8-12/h3-4,6-8,10H,2,5,9H2,1H3/b10-6-. The molecule has 0 unspecified atom stereocenters. The van der Waals surface area contributed by atoms with E-state index in [0.717, 1.165) is 19.3 Å². The van der Waals surface area contributed by atoms with Crippen LogP contribution in [0, 0.1) is 5.41 Å². The summed E-state index contributed by atoms with van der Waals surface area (Å²) in [5.74, 6) is -0.170. The summed E-state index contributed by atoms with van der Waals surface area (Å²) in [7, 11) is 1.44. The van der Waals surface area contributed by atoms with Gasteiger partial charge in [0.25, 0.3) is 0 Å². The van der Waals surface area contributed by atoms with Gasteiger partial charge < -0.3 is 4.74 Å². The predicted molar refractivity (Wildman–Crippen MR) is 69.7 cm³/mol. The van der Waals surface area contributed by atoms with Crippen molar-refractivity contribution in [3.8, 4) is 0 Å². The summed E-state index contributed by atoms with van der Waals surface area (Å²) in [6.45, 7) is 0. The average molecular weight is 318 g/mol. The van der Waals surface area contributed by atoms with Gasteiger partial charge in [0, 0.05) is 0 Å². The van der Waals surface area contributed by atoms with E-state index in [-0.39, 0.29) is 5.97 Å². The Morgan fingerprint density at radius 2 is 2.20 bits per heavy atom. The number of hydrogen-bond acceptors (Lipinski definition) is 2. The average Bonchev–Trinajstić information content (AvgIpc) is 2.29. The van der Waals surface area contributed by atoms with E-state index in [0.29, 0.717) is 0 Å². The topological polar surface area (TPSA) is 26.3 Å². The van der Waals surface area contributed by atoms with Crippen molar-refractivity contribution in [2.75, 3.05) is 7.11 Å². The maximum atomic E-state index is 11.7. The van der Waals surface area contributed by atoms with Crippen LogP contribution in [0.25, 0.3) is 0 Å². The molecule has 0 aromatic carbocycles. The molecule has 0 fully saturated rings. The molecule has 0 radical (unpaired) electrons. The molecule has 0 heterocycles. The maximum absolute atomic E-state index is 11.7. The Kier molecular flexibility index (Phi) is 5.08. The highest BCUT2D eigenvalue weighted by Crippen LogP contribution is 2.32. The van der Waals surface area contributed by atoms with E-state index in [1.807, 2.05) is 28.4 Å². The van der Waals surface area contributed by atoms with E-state index in [1.165, 1.54) is 7.11 Å². The van der Waals surface area contributed by atoms with Crippen LogP contribution in [0.2, 0.25) is 0 Å². The van der Waals surface area contributed by atoms with E-state index >= 15 is 0 Å². The Balaban J connectivity index is 2.76. The van der Waals surface area contributed by atoms with Gasteiger partial charge in [0.1, 0.15) is 5.41 Å². The van der Waals surface area contributed by atoms with Gasteiger partial charge in [-0.3, -0.25) is 4.79 Å². The normalized spacial score (nSPS) is 18.3. The van der Waals surface area contributed by atoms with Crippen molar-refractivity contribution >= 4 is 28.6 Å². The molecule has 2 nitrogen and oxygen atoms in total. The van der Waals surface area contributed by atoms with Gasteiger partial charge in [-0.05, 0) is 23.3 Å². The quantitative estimate of drug-likeness (QED) is 0.451. The number of rotatable bonds is 4. The highest BCUT2D eigenvalue weighted by molar-refractivity contribution is 14.1. The van der Waals surface area contributed by atoms with Crippen LogP contribution in [-0.2, 0) is 9.53 Å². The van der Waals surface area contributed by atoms with Gasteiger partial charge in [-0.1, -0.05) is 53.0 Å². The van der Waals surface area contributed by atoms with Crippen LogP contribution in [0.5, 0.6) is 0 Å². The minimum absolute atomic E-state index is 0.170. The number of carbonyl (C=O) groups is 1. The molecule has 0 aliphatic heterocycles. The van der Waals surface area contributed by atoms with Gasteiger partial charge in [0.2, 0.25) is 0 Å². The van der Waals surface area contributed by atoms with Crippen molar-refractivity contribution in [3.05, 3.63) is 34.5 Å². The second-order valence-corrected chi connectivity index (χ2v) is 4.19. The summed E-state index contributed by atoms with van der Waals surface area (Å²) >= 11 is 2.18. The lowest BCUT2D eigenvalue weighted by Gasteiger charge is -2.25. The summed E-state index contributed by atoms with van der Waals surface area (Å²) in [6, 6.07) is 0. The number of methoxy groups -OCH3 is 1. The number of hydrogen-bond donors (Lipinski definition) is 0. The molecule has 1 aliphatic carbocycles. The van der Waals surface area contributed by atoms with Gasteiger partial charge >= 0.3 is 5.97 Å². The fourth-order valence-electron chi connectivity index (χ4n) is 1.67. The lowest BCUT2D eigenvalue weighted by molar-refractivity contribution is -0.147. The first-order chi connectivity index (χ1) is 7.25. The van der Waals surface area contributed by atoms with Crippen LogP contribution >= 0.6 is 22.6 Å². The molecular weight excluding hydrogens is 303 g/mol. The molecule has 1 aliphatic rings. The zero-order chi connectivity index (χ0) is 11.1. The number of ether oxygens (including phenoxy) is 1. The summed E-state index contributed by atoms with van der Waals surface area (Å²) < 4.78 is 6.83. The maximum Gasteiger partial charge on any atom is 0.319 e. The fourth-order valence-corrected chi connectivity index (χ4v) is 2.03. The largest absolute Gasteiger partial charge is 0.468 e. The van der Waals surface area contributed by atoms with Crippen LogP contribution in [0.3, 0.4) is 0 Å². The van der Waals surface area contributed by atoms with Crippen molar-refractivity contribution in [2.24, 2.45) is 5.41 Å². The minimum atomic E-state index is -0.539. The molecule has 0 aromatic rings. The first kappa shape index (κ1) is 12.5. The van der Waals surface area contributed by atoms with Crippen molar-refractivity contribution in [3.63, 3.8) is 0 Å². The summed E-state index contributed by atoms with van der Waals surface area (Å²) in [5, 5.41) is 0. The zero-order valence-corrected chi connectivity index (χ0v) is 10.9. The third-order valence-corrected chi connectivity index (χ3v) is 2.99. The van der Waals surface area contributed by atoms with Gasteiger partial charge in [-0.15, -0.1) is 0 Å². The van der Waals surface area contributed by atoms with Gasteiger partial charge in [0.05, 0.1) is 7.11 Å². The van der Waals surface area contributed by atoms with E-state index < -0.39 is 5.41 Å². The Hall–Kier alpha value is -0.580. The number of allylic oxidation sites excluding steroid dienone is 3. The van der Waals surface area contributed by atoms with Gasteiger partial charge in [-0.2, -0.15) is 0 Å². The highest BCUT2D eigenvalue weighted by atomic mass is 127. The zero-order valence-electron chi connectivity index (χ0n) is 8.78. The van der Waals surface area contributed by atoms with E-state index in [2.05, 4.69) is 28.7 Å². The van der Waals surface area contributed by atoms with E-state index in [4.69, 9.17) is 4.74 Å². The van der Waals surface area contributed by atoms with Crippen LogP contribution in [0.15, 0.2) is 34.5 Å². The highest BCUT2D eigenvalue weighted by Gasteiger charge is 2.34. The smallest absolute Gasteiger partial charge is 0.319 e. The number of esters is 1. The number of carbonyl (C=O) groups excluding carboxylic acids is 1. The molecule has 0 spiro atoms. The van der Waals surface area contributed by atoms with E-state index in [9.17, 15) is 4.79 Å². The molecule has 0 N–H and O–H groups in total. The monoisotopic (exact) mass is 318 g/mol. The van der Waals surface area contributed by atoms with Crippen molar-refractivity contribution < 1.29 is 9.53 Å². The van der Waals surface area contributed by atoms with Crippen LogP contribution in [0.1, 0.15) is 19.3 Å². The first-order valence-electron chi connectivity index (χ1n) is 4.94. The van der Waals surface area contributed by atoms with Crippen LogP contribution in [-0.4, -0.2) is 13.1 Å². The molecule has 1 rings (SSSR count). The predicted octanol–water partition coefficient (Wildman–Crippen LogP) is 3.39. The van der Waals surface area contributed by atoms with Gasteiger partial charge in [0.15, 0.2) is 0 Å². The van der Waals surface area contributed by atoms with Crippen LogP contribution in [0.4, 0.5) is 0 Å². The van der Waals surface area contributed by atoms with Gasteiger partial charge in [-0.25, -0.2) is 0 Å². The molecule has 0 atom stereocenters. The molecule has 0 saturated heterocycles. The van der Waals surface area contributed by atoms with Crippen molar-refractivity contribution in [1.29, 1.82) is 0 Å². The summed E-state index contributed by atoms with van der Waals surface area (Å²) in [5.41, 5.74) is -0.539. The second kappa shape index (κ2) is 6.10. The van der Waals surface area contributed by atoms with Crippen molar-refractivity contribution in [2.45, 2.75) is 19.3 Å². The SMILES string of the molecule is COC(=O)C1(CC/C=C\I)C=CCC=C1. The molecule has 0 aromatic heterocycles. The molecule has 0 saturated carbocycles. The molecular formula is C12H15IO2. The Bertz CT molecular complexity index is 291. The van der Waals surface area contributed by atoms with Crippen molar-refractivity contribution in [1.82, 2.24) is 0 Å². The molecule has 0 amide bonds. The lowest BCUT2D eigenvalue weighted by atomic mass is 9.80. The lowest BCUT2D eigenvalue weighted by Crippen LogP contribution is -2.29. The molecule has 0 bridgehead atoms. The van der Waals surface area contributed by atoms with E-state index in [1.54, 1.807) is 0 Å². The third-order valence-electron chi connectivity index (χ3n) is 2.48. The number of halogens is 1. The molecule has 3 heteroatoms. The molecule has 82 valence electrons. The summed E-state index contributed by atoms with van der Waals surface area (Å²) in [4.78, 5) is 11.7. The summed E-state index contributed by atoms with van der Waals surface area (Å²) in [6.07, 6.45) is 12.6. The Morgan fingerprint density at radius 1 is 1.53 bits per heavy atom. The fraction of sp³-hybridized carbons (Fsp3) is 0.417. The first-order valence-corrected chi connectivity index (χ1v) is 6.19. The van der Waals surface area contributed by atoms with Crippen LogP contribution < -0.4 is 0 Å². The second-order valence-electron chi connectivity index (χ2n) is 3.47.